The molecule has 18 heavy (non-hydrogen) atoms. The van der Waals surface area contributed by atoms with Crippen molar-refractivity contribution >= 4 is 35.0 Å². The Morgan fingerprint density at radius 3 is 2.83 bits per heavy atom. The second-order valence-electron chi connectivity index (χ2n) is 5.07. The molecule has 0 atom stereocenters. The molecular weight excluding hydrogens is 268 g/mol. The van der Waals surface area contributed by atoms with E-state index >= 15 is 0 Å². The number of nitrogens with two attached hydrogens (primary N) is 1. The van der Waals surface area contributed by atoms with Gasteiger partial charge in [0, 0.05) is 29.2 Å². The van der Waals surface area contributed by atoms with E-state index in [2.05, 4.69) is 13.8 Å². The van der Waals surface area contributed by atoms with Crippen molar-refractivity contribution < 1.29 is 4.79 Å². The number of anilines is 1. The lowest BCUT2D eigenvalue weighted by atomic mass is 10.1. The number of hydrogen-bond donors (Lipinski definition) is 1. The highest BCUT2D eigenvalue weighted by Gasteiger charge is 2.30. The summed E-state index contributed by atoms with van der Waals surface area (Å²) in [6.45, 7) is 5.87. The van der Waals surface area contributed by atoms with Gasteiger partial charge < -0.3 is 10.6 Å². The van der Waals surface area contributed by atoms with Crippen LogP contribution in [0.1, 0.15) is 24.2 Å². The second kappa shape index (κ2) is 5.02. The maximum Gasteiger partial charge on any atom is 0.253 e. The van der Waals surface area contributed by atoms with Crippen LogP contribution in [-0.2, 0) is 0 Å². The van der Waals surface area contributed by atoms with Crippen molar-refractivity contribution in [2.24, 2.45) is 0 Å². The number of thioether (sulfide) groups is 1. The Kier molecular flexibility index (Phi) is 3.78. The van der Waals surface area contributed by atoms with Crippen molar-refractivity contribution in [1.29, 1.82) is 0 Å². The minimum atomic E-state index is 0.0327. The number of amides is 1. The number of nitrogens with zero attached hydrogens (tertiary/aromatic N) is 1. The lowest BCUT2D eigenvalue weighted by molar-refractivity contribution is 0.0748. The van der Waals surface area contributed by atoms with Gasteiger partial charge in [0.05, 0.1) is 10.7 Å². The first-order chi connectivity index (χ1) is 8.39. The zero-order valence-corrected chi connectivity index (χ0v) is 12.1. The van der Waals surface area contributed by atoms with Crippen LogP contribution in [0.3, 0.4) is 0 Å². The molecule has 1 amide bonds. The fraction of sp³-hybridized carbons (Fsp3) is 0.462. The highest BCUT2D eigenvalue weighted by Crippen LogP contribution is 2.30. The molecule has 0 aromatic heterocycles. The van der Waals surface area contributed by atoms with E-state index < -0.39 is 0 Å². The van der Waals surface area contributed by atoms with Crippen molar-refractivity contribution in [1.82, 2.24) is 4.90 Å². The Morgan fingerprint density at radius 2 is 2.22 bits per heavy atom. The Bertz CT molecular complexity index is 476. The summed E-state index contributed by atoms with van der Waals surface area (Å²) in [4.78, 5) is 14.3. The van der Waals surface area contributed by atoms with Gasteiger partial charge in [0.2, 0.25) is 0 Å². The van der Waals surface area contributed by atoms with E-state index in [1.54, 1.807) is 18.2 Å². The number of carbonyl (C=O) groups is 1. The van der Waals surface area contributed by atoms with Crippen molar-refractivity contribution in [3.8, 4) is 0 Å². The summed E-state index contributed by atoms with van der Waals surface area (Å²) in [6.07, 6.45) is 0. The van der Waals surface area contributed by atoms with Crippen LogP contribution in [-0.4, -0.2) is 34.4 Å². The molecule has 1 heterocycles. The van der Waals surface area contributed by atoms with Crippen molar-refractivity contribution in [2.45, 2.75) is 18.6 Å². The third-order valence-corrected chi connectivity index (χ3v) is 4.58. The predicted octanol–water partition coefficient (Wildman–Crippen LogP) is 2.89. The number of rotatable bonds is 1. The standard InChI is InChI=1S/C13H17ClN2OS/c1-13(2)8-16(5-6-18-13)12(17)9-3-4-11(15)10(14)7-9/h3-4,7H,5-6,8,15H2,1-2H3. The Hall–Kier alpha value is -0.870. The second-order valence-corrected chi connectivity index (χ2v) is 7.28. The summed E-state index contributed by atoms with van der Waals surface area (Å²) >= 11 is 7.86. The van der Waals surface area contributed by atoms with E-state index in [9.17, 15) is 4.79 Å². The number of hydrogen-bond acceptors (Lipinski definition) is 3. The third-order valence-electron chi connectivity index (χ3n) is 2.96. The molecule has 1 saturated heterocycles. The topological polar surface area (TPSA) is 46.3 Å². The molecule has 0 spiro atoms. The first-order valence-electron chi connectivity index (χ1n) is 5.87. The zero-order valence-electron chi connectivity index (χ0n) is 10.6. The zero-order chi connectivity index (χ0) is 13.3. The van der Waals surface area contributed by atoms with E-state index in [0.717, 1.165) is 18.8 Å². The van der Waals surface area contributed by atoms with Crippen LogP contribution < -0.4 is 5.73 Å². The molecular formula is C13H17ClN2OS. The minimum absolute atomic E-state index is 0.0327. The molecule has 0 unspecified atom stereocenters. The summed E-state index contributed by atoms with van der Waals surface area (Å²) in [5.74, 6) is 1.01. The van der Waals surface area contributed by atoms with E-state index in [0.29, 0.717) is 16.3 Å². The normalized spacial score (nSPS) is 18.7. The maximum absolute atomic E-state index is 12.4. The van der Waals surface area contributed by atoms with Crippen LogP contribution in [0.2, 0.25) is 5.02 Å². The highest BCUT2D eigenvalue weighted by molar-refractivity contribution is 8.00. The molecule has 0 bridgehead atoms. The molecule has 1 aliphatic rings. The molecule has 1 aromatic carbocycles. The average molecular weight is 285 g/mol. The molecule has 3 nitrogen and oxygen atoms in total. The minimum Gasteiger partial charge on any atom is -0.398 e. The molecule has 98 valence electrons. The lowest BCUT2D eigenvalue weighted by Crippen LogP contribution is -2.46. The monoisotopic (exact) mass is 284 g/mol. The number of benzene rings is 1. The number of nitrogen functional groups attached to an aromatic ring is 1. The third kappa shape index (κ3) is 2.93. The Morgan fingerprint density at radius 1 is 1.50 bits per heavy atom. The van der Waals surface area contributed by atoms with Gasteiger partial charge in [-0.1, -0.05) is 11.6 Å². The SMILES string of the molecule is CC1(C)CN(C(=O)c2ccc(N)c(Cl)c2)CCS1. The van der Waals surface area contributed by atoms with Gasteiger partial charge in [0.1, 0.15) is 0 Å². The van der Waals surface area contributed by atoms with Gasteiger partial charge in [-0.25, -0.2) is 0 Å². The lowest BCUT2D eigenvalue weighted by Gasteiger charge is -2.37. The first kappa shape index (κ1) is 13.6. The largest absolute Gasteiger partial charge is 0.398 e. The first-order valence-corrected chi connectivity index (χ1v) is 7.24. The summed E-state index contributed by atoms with van der Waals surface area (Å²) < 4.78 is 0.117. The van der Waals surface area contributed by atoms with E-state index in [-0.39, 0.29) is 10.7 Å². The van der Waals surface area contributed by atoms with E-state index in [1.807, 2.05) is 16.7 Å². The van der Waals surface area contributed by atoms with Gasteiger partial charge in [0.25, 0.3) is 5.91 Å². The van der Waals surface area contributed by atoms with Gasteiger partial charge in [-0.3, -0.25) is 4.79 Å². The molecule has 2 N–H and O–H groups in total. The van der Waals surface area contributed by atoms with Crippen molar-refractivity contribution in [3.05, 3.63) is 28.8 Å². The number of halogens is 1. The van der Waals surface area contributed by atoms with Gasteiger partial charge >= 0.3 is 0 Å². The summed E-state index contributed by atoms with van der Waals surface area (Å²) in [5, 5.41) is 0.437. The molecule has 1 aliphatic heterocycles. The van der Waals surface area contributed by atoms with Crippen molar-refractivity contribution in [2.75, 3.05) is 24.6 Å². The van der Waals surface area contributed by atoms with E-state index in [4.69, 9.17) is 17.3 Å². The van der Waals surface area contributed by atoms with Gasteiger partial charge in [-0.05, 0) is 32.0 Å². The van der Waals surface area contributed by atoms with E-state index in [1.165, 1.54) is 0 Å². The summed E-state index contributed by atoms with van der Waals surface area (Å²) in [7, 11) is 0. The molecule has 0 radical (unpaired) electrons. The highest BCUT2D eigenvalue weighted by atomic mass is 35.5. The van der Waals surface area contributed by atoms with Crippen LogP contribution in [0.25, 0.3) is 0 Å². The molecule has 2 rings (SSSR count). The fourth-order valence-corrected chi connectivity index (χ4v) is 3.32. The number of carbonyl (C=O) groups excluding carboxylic acids is 1. The van der Waals surface area contributed by atoms with Crippen LogP contribution in [0.4, 0.5) is 5.69 Å². The maximum atomic E-state index is 12.4. The van der Waals surface area contributed by atoms with Crippen LogP contribution in [0.15, 0.2) is 18.2 Å². The molecule has 5 heteroatoms. The Balaban J connectivity index is 2.18. The molecule has 1 aromatic rings. The quantitative estimate of drug-likeness (QED) is 0.807. The van der Waals surface area contributed by atoms with Crippen molar-refractivity contribution in [3.63, 3.8) is 0 Å². The summed E-state index contributed by atoms with van der Waals surface area (Å²) in [6, 6.07) is 5.06. The predicted molar refractivity (Wildman–Crippen MR) is 78.3 cm³/mol. The molecule has 0 aliphatic carbocycles. The van der Waals surface area contributed by atoms with Gasteiger partial charge in [-0.15, -0.1) is 0 Å². The van der Waals surface area contributed by atoms with Gasteiger partial charge in [0.15, 0.2) is 0 Å². The Labute approximate surface area is 117 Å². The molecule has 1 fully saturated rings. The molecule has 0 saturated carbocycles. The summed E-state index contributed by atoms with van der Waals surface area (Å²) in [5.41, 5.74) is 6.76. The fourth-order valence-electron chi connectivity index (χ4n) is 2.03. The van der Waals surface area contributed by atoms with Crippen LogP contribution in [0, 0.1) is 0 Å². The average Bonchev–Trinajstić information content (AvgIpc) is 2.30. The van der Waals surface area contributed by atoms with Crippen LogP contribution >= 0.6 is 23.4 Å². The smallest absolute Gasteiger partial charge is 0.253 e. The van der Waals surface area contributed by atoms with Crippen LogP contribution in [0.5, 0.6) is 0 Å². The van der Waals surface area contributed by atoms with Gasteiger partial charge in [-0.2, -0.15) is 11.8 Å².